The van der Waals surface area contributed by atoms with Gasteiger partial charge in [0.1, 0.15) is 0 Å². The molecule has 1 saturated heterocycles. The van der Waals surface area contributed by atoms with Gasteiger partial charge in [-0.2, -0.15) is 13.2 Å². The molecule has 0 spiro atoms. The minimum atomic E-state index is -4.19. The van der Waals surface area contributed by atoms with Crippen molar-refractivity contribution in [2.75, 3.05) is 39.3 Å². The highest BCUT2D eigenvalue weighted by Gasteiger charge is 2.31. The molecule has 1 fully saturated rings. The molecule has 1 aliphatic rings. The smallest absolute Gasteiger partial charge is 0.337 e. The molecule has 1 aliphatic heterocycles. The van der Waals surface area contributed by atoms with Crippen LogP contribution in [-0.4, -0.2) is 61.3 Å². The minimum Gasteiger partial charge on any atom is -0.337 e. The number of alkyl halides is 3. The first-order chi connectivity index (χ1) is 11.9. The average molecular weight is 357 g/mol. The van der Waals surface area contributed by atoms with Gasteiger partial charge in [-0.1, -0.05) is 37.3 Å². The zero-order valence-corrected chi connectivity index (χ0v) is 14.6. The Kier molecular flexibility index (Phi) is 7.11. The third kappa shape index (κ3) is 6.57. The van der Waals surface area contributed by atoms with Crippen LogP contribution in [0.1, 0.15) is 31.2 Å². The van der Waals surface area contributed by atoms with Gasteiger partial charge in [-0.15, -0.1) is 0 Å². The van der Waals surface area contributed by atoms with E-state index in [-0.39, 0.29) is 18.5 Å². The van der Waals surface area contributed by atoms with Gasteiger partial charge in [-0.05, 0) is 18.4 Å². The summed E-state index contributed by atoms with van der Waals surface area (Å²) in [6, 6.07) is 9.80. The van der Waals surface area contributed by atoms with Gasteiger partial charge in [0, 0.05) is 38.6 Å². The molecular formula is C18H26F3N3O. The molecule has 1 atom stereocenters. The Morgan fingerprint density at radius 1 is 1.16 bits per heavy atom. The molecule has 2 rings (SSSR count). The van der Waals surface area contributed by atoms with Crippen LogP contribution in [0.3, 0.4) is 0 Å². The average Bonchev–Trinajstić information content (AvgIpc) is 2.80. The summed E-state index contributed by atoms with van der Waals surface area (Å²) in [7, 11) is 0. The van der Waals surface area contributed by atoms with Crippen molar-refractivity contribution in [3.8, 4) is 0 Å². The number of carbonyl (C=O) groups is 1. The van der Waals surface area contributed by atoms with E-state index in [9.17, 15) is 18.0 Å². The van der Waals surface area contributed by atoms with E-state index in [1.54, 1.807) is 4.90 Å². The standard InChI is InChI=1S/C18H26F3N3O/c1-2-15(16-7-4-3-5-8-16)13-22-17(25)24-10-6-9-23(11-12-24)14-18(19,20)21/h3-5,7-8,15H,2,6,9-14H2,1H3,(H,22,25). The van der Waals surface area contributed by atoms with Crippen molar-refractivity contribution in [1.82, 2.24) is 15.1 Å². The van der Waals surface area contributed by atoms with E-state index >= 15 is 0 Å². The molecule has 2 amide bonds. The van der Waals surface area contributed by atoms with Crippen molar-refractivity contribution in [3.63, 3.8) is 0 Å². The van der Waals surface area contributed by atoms with Crippen molar-refractivity contribution in [2.24, 2.45) is 0 Å². The minimum absolute atomic E-state index is 0.191. The van der Waals surface area contributed by atoms with Crippen LogP contribution in [0.25, 0.3) is 0 Å². The lowest BCUT2D eigenvalue weighted by molar-refractivity contribution is -0.145. The van der Waals surface area contributed by atoms with Crippen molar-refractivity contribution >= 4 is 6.03 Å². The molecule has 1 aromatic rings. The zero-order valence-electron chi connectivity index (χ0n) is 14.6. The van der Waals surface area contributed by atoms with Crippen LogP contribution < -0.4 is 5.32 Å². The predicted octanol–water partition coefficient (Wildman–Crippen LogP) is 3.46. The largest absolute Gasteiger partial charge is 0.401 e. The van der Waals surface area contributed by atoms with Gasteiger partial charge in [0.2, 0.25) is 0 Å². The molecule has 0 saturated carbocycles. The fourth-order valence-corrected chi connectivity index (χ4v) is 3.13. The summed E-state index contributed by atoms with van der Waals surface area (Å²) in [4.78, 5) is 15.4. The van der Waals surface area contributed by atoms with E-state index in [1.165, 1.54) is 10.5 Å². The topological polar surface area (TPSA) is 35.6 Å². The van der Waals surface area contributed by atoms with E-state index in [2.05, 4.69) is 12.2 Å². The quantitative estimate of drug-likeness (QED) is 0.876. The maximum atomic E-state index is 12.5. The van der Waals surface area contributed by atoms with Gasteiger partial charge in [0.05, 0.1) is 6.54 Å². The first kappa shape index (κ1) is 19.6. The molecule has 4 nitrogen and oxygen atoms in total. The van der Waals surface area contributed by atoms with Crippen LogP contribution in [0.5, 0.6) is 0 Å². The van der Waals surface area contributed by atoms with Crippen molar-refractivity contribution in [2.45, 2.75) is 31.9 Å². The zero-order chi connectivity index (χ0) is 18.3. The normalized spacial score (nSPS) is 17.8. The third-order valence-electron chi connectivity index (χ3n) is 4.54. The summed E-state index contributed by atoms with van der Waals surface area (Å²) in [5.74, 6) is 0.235. The molecule has 0 aliphatic carbocycles. The predicted molar refractivity (Wildman–Crippen MR) is 91.6 cm³/mol. The van der Waals surface area contributed by atoms with Crippen LogP contribution in [0.15, 0.2) is 30.3 Å². The number of nitrogens with zero attached hydrogens (tertiary/aromatic N) is 2. The van der Waals surface area contributed by atoms with Gasteiger partial charge in [0.15, 0.2) is 0 Å². The SMILES string of the molecule is CCC(CNC(=O)N1CCCN(CC(F)(F)F)CC1)c1ccccc1. The van der Waals surface area contributed by atoms with Gasteiger partial charge in [-0.3, -0.25) is 4.90 Å². The number of nitrogens with one attached hydrogen (secondary N) is 1. The van der Waals surface area contributed by atoms with E-state index < -0.39 is 12.7 Å². The maximum absolute atomic E-state index is 12.5. The lowest BCUT2D eigenvalue weighted by atomic mass is 9.97. The number of halogens is 3. The second-order valence-electron chi connectivity index (χ2n) is 6.43. The van der Waals surface area contributed by atoms with Gasteiger partial charge >= 0.3 is 12.2 Å². The maximum Gasteiger partial charge on any atom is 0.401 e. The van der Waals surface area contributed by atoms with E-state index in [1.807, 2.05) is 30.3 Å². The monoisotopic (exact) mass is 357 g/mol. The van der Waals surface area contributed by atoms with E-state index in [0.717, 1.165) is 6.42 Å². The number of hydrogen-bond acceptors (Lipinski definition) is 2. The molecule has 1 unspecified atom stereocenters. The Morgan fingerprint density at radius 2 is 1.88 bits per heavy atom. The Morgan fingerprint density at radius 3 is 2.52 bits per heavy atom. The molecule has 1 heterocycles. The van der Waals surface area contributed by atoms with Gasteiger partial charge < -0.3 is 10.2 Å². The Balaban J connectivity index is 1.82. The number of hydrogen-bond donors (Lipinski definition) is 1. The number of urea groups is 1. The van der Waals surface area contributed by atoms with Gasteiger partial charge in [-0.25, -0.2) is 4.79 Å². The molecule has 1 aromatic carbocycles. The number of rotatable bonds is 5. The third-order valence-corrected chi connectivity index (χ3v) is 4.54. The van der Waals surface area contributed by atoms with E-state index in [4.69, 9.17) is 0 Å². The summed E-state index contributed by atoms with van der Waals surface area (Å²) in [5.41, 5.74) is 1.18. The van der Waals surface area contributed by atoms with Gasteiger partial charge in [0.25, 0.3) is 0 Å². The Bertz CT molecular complexity index is 536. The summed E-state index contributed by atoms with van der Waals surface area (Å²) in [5, 5.41) is 2.94. The van der Waals surface area contributed by atoms with Crippen LogP contribution in [0.2, 0.25) is 0 Å². The van der Waals surface area contributed by atoms with Crippen LogP contribution >= 0.6 is 0 Å². The fourth-order valence-electron chi connectivity index (χ4n) is 3.13. The summed E-state index contributed by atoms with van der Waals surface area (Å²) in [6.45, 7) is 3.13. The molecular weight excluding hydrogens is 331 g/mol. The fraction of sp³-hybridized carbons (Fsp3) is 0.611. The number of benzene rings is 1. The number of carbonyl (C=O) groups excluding carboxylic acids is 1. The summed E-state index contributed by atoms with van der Waals surface area (Å²) >= 11 is 0. The molecule has 0 bridgehead atoms. The van der Waals surface area contributed by atoms with Crippen LogP contribution in [-0.2, 0) is 0 Å². The lowest BCUT2D eigenvalue weighted by Crippen LogP contribution is -2.43. The second-order valence-corrected chi connectivity index (χ2v) is 6.43. The van der Waals surface area contributed by atoms with Crippen LogP contribution in [0.4, 0.5) is 18.0 Å². The summed E-state index contributed by atoms with van der Waals surface area (Å²) in [6.07, 6.45) is -2.73. The Hall–Kier alpha value is -1.76. The Labute approximate surface area is 147 Å². The lowest BCUT2D eigenvalue weighted by Gasteiger charge is -2.24. The first-order valence-corrected chi connectivity index (χ1v) is 8.76. The second kappa shape index (κ2) is 9.08. The molecule has 25 heavy (non-hydrogen) atoms. The molecule has 1 N–H and O–H groups in total. The first-order valence-electron chi connectivity index (χ1n) is 8.76. The van der Waals surface area contributed by atoms with Crippen molar-refractivity contribution in [1.29, 1.82) is 0 Å². The molecule has 7 heteroatoms. The van der Waals surface area contributed by atoms with E-state index in [0.29, 0.717) is 32.6 Å². The van der Waals surface area contributed by atoms with Crippen molar-refractivity contribution < 1.29 is 18.0 Å². The van der Waals surface area contributed by atoms with Crippen LogP contribution in [0, 0.1) is 0 Å². The van der Waals surface area contributed by atoms with Crippen molar-refractivity contribution in [3.05, 3.63) is 35.9 Å². The molecule has 0 radical (unpaired) electrons. The highest BCUT2D eigenvalue weighted by atomic mass is 19.4. The summed E-state index contributed by atoms with van der Waals surface area (Å²) < 4.78 is 37.5. The molecule has 0 aromatic heterocycles. The number of amides is 2. The highest BCUT2D eigenvalue weighted by Crippen LogP contribution is 2.19. The molecule has 140 valence electrons. The highest BCUT2D eigenvalue weighted by molar-refractivity contribution is 5.74.